The van der Waals surface area contributed by atoms with Crippen LogP contribution >= 0.6 is 11.8 Å². The number of nitrogens with one attached hydrogen (secondary N) is 1. The van der Waals surface area contributed by atoms with Crippen molar-refractivity contribution in [1.82, 2.24) is 9.78 Å². The van der Waals surface area contributed by atoms with Crippen LogP contribution in [-0.2, 0) is 4.74 Å². The number of ether oxygens (including phenoxy) is 3. The summed E-state index contributed by atoms with van der Waals surface area (Å²) in [6, 6.07) is 6.10. The van der Waals surface area contributed by atoms with E-state index >= 15 is 0 Å². The summed E-state index contributed by atoms with van der Waals surface area (Å²) in [4.78, 5) is 17.8. The molecule has 1 aromatic heterocycles. The van der Waals surface area contributed by atoms with Crippen LogP contribution in [0, 0.1) is 0 Å². The van der Waals surface area contributed by atoms with Crippen LogP contribution in [0.5, 0.6) is 11.5 Å². The molecule has 4 heterocycles. The Morgan fingerprint density at radius 3 is 2.79 bits per heavy atom. The largest absolute Gasteiger partial charge is 0.486 e. The van der Waals surface area contributed by atoms with E-state index in [0.717, 1.165) is 40.8 Å². The lowest BCUT2D eigenvalue weighted by molar-refractivity contribution is -0.0705. The molecule has 8 heteroatoms. The molecule has 0 saturated carbocycles. The van der Waals surface area contributed by atoms with Crippen LogP contribution in [0.4, 0.5) is 5.82 Å². The van der Waals surface area contributed by atoms with Crippen molar-refractivity contribution in [3.63, 3.8) is 0 Å². The molecule has 1 fully saturated rings. The number of H-pyrrole nitrogens is 1. The van der Waals surface area contributed by atoms with Crippen LogP contribution in [0.3, 0.4) is 0 Å². The van der Waals surface area contributed by atoms with E-state index in [-0.39, 0.29) is 22.5 Å². The Bertz CT molecular complexity index is 1040. The Kier molecular flexibility index (Phi) is 4.51. The number of rotatable bonds is 2. The van der Waals surface area contributed by atoms with Crippen molar-refractivity contribution in [2.24, 2.45) is 4.99 Å². The lowest BCUT2D eigenvalue weighted by atomic mass is 9.94. The number of aromatic nitrogens is 2. The normalized spacial score (nSPS) is 25.3. The van der Waals surface area contributed by atoms with E-state index < -0.39 is 0 Å². The molecule has 0 aliphatic carbocycles. The maximum atomic E-state index is 13.0. The molecule has 2 aromatic rings. The molecule has 0 spiro atoms. The molecule has 154 valence electrons. The molecule has 5 rings (SSSR count). The predicted octanol–water partition coefficient (Wildman–Crippen LogP) is 3.96. The Hall–Kier alpha value is -2.19. The summed E-state index contributed by atoms with van der Waals surface area (Å²) in [7, 11) is 0. The van der Waals surface area contributed by atoms with Crippen molar-refractivity contribution in [2.45, 2.75) is 50.5 Å². The highest BCUT2D eigenvalue weighted by atomic mass is 32.2. The Labute approximate surface area is 173 Å². The van der Waals surface area contributed by atoms with E-state index in [1.54, 1.807) is 11.8 Å². The van der Waals surface area contributed by atoms with Crippen molar-refractivity contribution in [3.05, 3.63) is 39.7 Å². The second-order valence-electron chi connectivity index (χ2n) is 8.33. The Morgan fingerprint density at radius 1 is 1.21 bits per heavy atom. The molecule has 1 aromatic carbocycles. The highest BCUT2D eigenvalue weighted by Crippen LogP contribution is 2.47. The molecule has 29 heavy (non-hydrogen) atoms. The fraction of sp³-hybridized carbons (Fsp3) is 0.524. The molecule has 7 nitrogen and oxygen atoms in total. The average Bonchev–Trinajstić information content (AvgIpc) is 3.02. The fourth-order valence-corrected chi connectivity index (χ4v) is 5.44. The van der Waals surface area contributed by atoms with Crippen LogP contribution < -0.4 is 15.0 Å². The summed E-state index contributed by atoms with van der Waals surface area (Å²) >= 11 is 1.60. The zero-order chi connectivity index (χ0) is 20.2. The first-order valence-corrected chi connectivity index (χ1v) is 10.9. The maximum Gasteiger partial charge on any atom is 0.271 e. The van der Waals surface area contributed by atoms with Crippen LogP contribution in [0.15, 0.2) is 28.0 Å². The highest BCUT2D eigenvalue weighted by Gasteiger charge is 2.36. The van der Waals surface area contributed by atoms with Gasteiger partial charge in [-0.3, -0.25) is 14.6 Å². The van der Waals surface area contributed by atoms with Crippen LogP contribution in [0.2, 0.25) is 0 Å². The highest BCUT2D eigenvalue weighted by molar-refractivity contribution is 8.14. The zero-order valence-electron chi connectivity index (χ0n) is 16.9. The summed E-state index contributed by atoms with van der Waals surface area (Å²) in [5.41, 5.74) is 1.44. The molecule has 0 radical (unpaired) electrons. The summed E-state index contributed by atoms with van der Waals surface area (Å²) in [6.07, 6.45) is 1.69. The van der Waals surface area contributed by atoms with E-state index in [1.165, 1.54) is 0 Å². The van der Waals surface area contributed by atoms with Crippen molar-refractivity contribution in [2.75, 3.05) is 19.8 Å². The van der Waals surface area contributed by atoms with Crippen LogP contribution in [-0.4, -0.2) is 40.2 Å². The van der Waals surface area contributed by atoms with Gasteiger partial charge in [0.15, 0.2) is 17.3 Å². The zero-order valence-corrected chi connectivity index (χ0v) is 17.7. The molecule has 1 saturated heterocycles. The van der Waals surface area contributed by atoms with Gasteiger partial charge in [0.2, 0.25) is 0 Å². The average molecular weight is 416 g/mol. The lowest BCUT2D eigenvalue weighted by Gasteiger charge is -2.36. The first-order chi connectivity index (χ1) is 13.9. The Morgan fingerprint density at radius 2 is 2.00 bits per heavy atom. The number of benzene rings is 1. The van der Waals surface area contributed by atoms with Gasteiger partial charge >= 0.3 is 0 Å². The van der Waals surface area contributed by atoms with Crippen molar-refractivity contribution >= 4 is 22.6 Å². The van der Waals surface area contributed by atoms with Gasteiger partial charge in [-0.15, -0.1) is 0 Å². The number of aliphatic imine (C=N–C) groups is 1. The molecule has 0 bridgehead atoms. The second kappa shape index (κ2) is 6.95. The molecule has 0 unspecified atom stereocenters. The molecule has 0 amide bonds. The number of hydrogen-bond acceptors (Lipinski definition) is 6. The van der Waals surface area contributed by atoms with Crippen molar-refractivity contribution < 1.29 is 14.2 Å². The summed E-state index contributed by atoms with van der Waals surface area (Å²) in [6.45, 7) is 7.95. The maximum absolute atomic E-state index is 13.0. The monoisotopic (exact) mass is 415 g/mol. The molecular weight excluding hydrogens is 390 g/mol. The van der Waals surface area contributed by atoms with Crippen molar-refractivity contribution in [1.29, 1.82) is 0 Å². The van der Waals surface area contributed by atoms with Gasteiger partial charge in [0, 0.05) is 6.61 Å². The van der Waals surface area contributed by atoms with E-state index in [4.69, 9.17) is 19.2 Å². The molecular formula is C21H25N3O4S. The molecule has 1 N–H and O–H groups in total. The van der Waals surface area contributed by atoms with E-state index in [1.807, 2.05) is 29.8 Å². The minimum Gasteiger partial charge on any atom is -0.486 e. The number of fused-ring (bicyclic) bond motifs is 2. The SMILES string of the molecule is CC1=Nc2c(c(=O)[nH]n2[C@H]2CCOC(C)(C)C2)[C@H](c2ccc3c(c2)OCCO3)S1. The number of aromatic amines is 1. The smallest absolute Gasteiger partial charge is 0.271 e. The number of nitrogens with zero attached hydrogens (tertiary/aromatic N) is 2. The third-order valence-electron chi connectivity index (χ3n) is 5.65. The van der Waals surface area contributed by atoms with Gasteiger partial charge in [0.25, 0.3) is 5.56 Å². The molecule has 2 atom stereocenters. The van der Waals surface area contributed by atoms with Crippen LogP contribution in [0.1, 0.15) is 56.0 Å². The van der Waals surface area contributed by atoms with Gasteiger partial charge in [0.05, 0.1) is 27.5 Å². The predicted molar refractivity (Wildman–Crippen MR) is 113 cm³/mol. The van der Waals surface area contributed by atoms with Gasteiger partial charge in [-0.25, -0.2) is 4.99 Å². The summed E-state index contributed by atoms with van der Waals surface area (Å²) < 4.78 is 19.2. The van der Waals surface area contributed by atoms with Gasteiger partial charge in [-0.05, 0) is 51.3 Å². The Balaban J connectivity index is 1.57. The van der Waals surface area contributed by atoms with Gasteiger partial charge < -0.3 is 14.2 Å². The first kappa shape index (κ1) is 18.8. The quantitative estimate of drug-likeness (QED) is 0.803. The number of hydrogen-bond donors (Lipinski definition) is 1. The van der Waals surface area contributed by atoms with E-state index in [2.05, 4.69) is 18.9 Å². The minimum atomic E-state index is -0.214. The van der Waals surface area contributed by atoms with Crippen molar-refractivity contribution in [3.8, 4) is 11.5 Å². The van der Waals surface area contributed by atoms with E-state index in [0.29, 0.717) is 25.4 Å². The molecule has 3 aliphatic rings. The third kappa shape index (κ3) is 3.38. The fourth-order valence-electron chi connectivity index (χ4n) is 4.35. The van der Waals surface area contributed by atoms with E-state index in [9.17, 15) is 4.79 Å². The third-order valence-corrected chi connectivity index (χ3v) is 6.83. The van der Waals surface area contributed by atoms with Gasteiger partial charge in [-0.2, -0.15) is 0 Å². The standard InChI is InChI=1S/C21H25N3O4S/c1-12-22-19-17(20(25)23-24(19)14-6-7-28-21(2,3)11-14)18(29-12)13-4-5-15-16(10-13)27-9-8-26-15/h4-5,10,14,18H,6-9,11H2,1-3H3,(H,23,25)/t14-,18-/m0/s1. The topological polar surface area (TPSA) is 77.8 Å². The van der Waals surface area contributed by atoms with Gasteiger partial charge in [0.1, 0.15) is 13.2 Å². The number of thioether (sulfide) groups is 1. The van der Waals surface area contributed by atoms with Crippen LogP contribution in [0.25, 0.3) is 0 Å². The lowest BCUT2D eigenvalue weighted by Crippen LogP contribution is -2.35. The second-order valence-corrected chi connectivity index (χ2v) is 9.63. The summed E-state index contributed by atoms with van der Waals surface area (Å²) in [5.74, 6) is 2.23. The minimum absolute atomic E-state index is 0.0760. The first-order valence-electron chi connectivity index (χ1n) is 10.0. The van der Waals surface area contributed by atoms with Gasteiger partial charge in [-0.1, -0.05) is 17.8 Å². The molecule has 3 aliphatic heterocycles. The summed E-state index contributed by atoms with van der Waals surface area (Å²) in [5, 5.41) is 3.89.